The summed E-state index contributed by atoms with van der Waals surface area (Å²) in [6.07, 6.45) is 0.930. The molecule has 2 aromatic rings. The standard InChI is InChI=1S/C18H24N2O/c1-14(12-15-6-10-18(21)11-7-15)19-17-8-4-16(5-9-17)13-20(2)3/h4-11,14,19,21H,12-13H2,1-3H3. The lowest BCUT2D eigenvalue weighted by molar-refractivity contribution is 0.402. The van der Waals surface area contributed by atoms with Crippen molar-refractivity contribution >= 4 is 5.69 Å². The van der Waals surface area contributed by atoms with E-state index in [4.69, 9.17) is 0 Å². The van der Waals surface area contributed by atoms with Crippen molar-refractivity contribution in [2.24, 2.45) is 0 Å². The maximum Gasteiger partial charge on any atom is 0.115 e. The van der Waals surface area contributed by atoms with Crippen LogP contribution in [0.2, 0.25) is 0 Å². The number of hydrogen-bond donors (Lipinski definition) is 2. The molecule has 112 valence electrons. The molecule has 0 heterocycles. The fourth-order valence-electron chi connectivity index (χ4n) is 2.39. The molecule has 1 atom stereocenters. The summed E-state index contributed by atoms with van der Waals surface area (Å²) in [5.74, 6) is 0.316. The Kier molecular flexibility index (Phi) is 5.23. The zero-order valence-corrected chi connectivity index (χ0v) is 13.0. The van der Waals surface area contributed by atoms with Gasteiger partial charge in [0.1, 0.15) is 5.75 Å². The van der Waals surface area contributed by atoms with E-state index in [0.29, 0.717) is 11.8 Å². The van der Waals surface area contributed by atoms with E-state index in [1.807, 2.05) is 12.1 Å². The minimum Gasteiger partial charge on any atom is -0.508 e. The van der Waals surface area contributed by atoms with Crippen LogP contribution in [-0.2, 0) is 13.0 Å². The van der Waals surface area contributed by atoms with Crippen molar-refractivity contribution in [3.63, 3.8) is 0 Å². The molecule has 0 radical (unpaired) electrons. The molecule has 0 aliphatic rings. The summed E-state index contributed by atoms with van der Waals surface area (Å²) in [5, 5.41) is 12.8. The predicted molar refractivity (Wildman–Crippen MR) is 88.7 cm³/mol. The lowest BCUT2D eigenvalue weighted by atomic mass is 10.1. The molecule has 2 rings (SSSR count). The Morgan fingerprint density at radius 3 is 2.10 bits per heavy atom. The second-order valence-electron chi connectivity index (χ2n) is 5.85. The predicted octanol–water partition coefficient (Wildman–Crippen LogP) is 3.50. The van der Waals surface area contributed by atoms with Gasteiger partial charge >= 0.3 is 0 Å². The van der Waals surface area contributed by atoms with Gasteiger partial charge in [-0.25, -0.2) is 0 Å². The lowest BCUT2D eigenvalue weighted by Crippen LogP contribution is -2.18. The van der Waals surface area contributed by atoms with Crippen LogP contribution < -0.4 is 5.32 Å². The second-order valence-corrected chi connectivity index (χ2v) is 5.85. The van der Waals surface area contributed by atoms with Gasteiger partial charge in [0, 0.05) is 18.3 Å². The van der Waals surface area contributed by atoms with Crippen LogP contribution in [0, 0.1) is 0 Å². The van der Waals surface area contributed by atoms with E-state index in [9.17, 15) is 5.11 Å². The average molecular weight is 284 g/mol. The number of phenols is 1. The summed E-state index contributed by atoms with van der Waals surface area (Å²) >= 11 is 0. The molecular formula is C18H24N2O. The lowest BCUT2D eigenvalue weighted by Gasteiger charge is -2.16. The van der Waals surface area contributed by atoms with Gasteiger partial charge in [-0.3, -0.25) is 0 Å². The van der Waals surface area contributed by atoms with E-state index in [-0.39, 0.29) is 0 Å². The monoisotopic (exact) mass is 284 g/mol. The van der Waals surface area contributed by atoms with Crippen LogP contribution in [0.3, 0.4) is 0 Å². The van der Waals surface area contributed by atoms with Crippen molar-refractivity contribution < 1.29 is 5.11 Å². The van der Waals surface area contributed by atoms with E-state index in [1.54, 1.807) is 12.1 Å². The Balaban J connectivity index is 1.90. The van der Waals surface area contributed by atoms with Crippen molar-refractivity contribution in [3.8, 4) is 5.75 Å². The van der Waals surface area contributed by atoms with Crippen LogP contribution in [0.5, 0.6) is 5.75 Å². The molecule has 0 aliphatic heterocycles. The molecule has 1 unspecified atom stereocenters. The Morgan fingerprint density at radius 2 is 1.52 bits per heavy atom. The molecule has 0 fully saturated rings. The van der Waals surface area contributed by atoms with Gasteiger partial charge < -0.3 is 15.3 Å². The zero-order chi connectivity index (χ0) is 15.2. The molecule has 2 aromatic carbocycles. The molecule has 0 amide bonds. The van der Waals surface area contributed by atoms with Crippen molar-refractivity contribution in [2.75, 3.05) is 19.4 Å². The fraction of sp³-hybridized carbons (Fsp3) is 0.333. The molecule has 0 spiro atoms. The van der Waals surface area contributed by atoms with Crippen LogP contribution >= 0.6 is 0 Å². The molecule has 0 saturated heterocycles. The molecule has 3 nitrogen and oxygen atoms in total. The van der Waals surface area contributed by atoms with Gasteiger partial charge in [0.15, 0.2) is 0 Å². The minimum absolute atomic E-state index is 0.316. The SMILES string of the molecule is CC(Cc1ccc(O)cc1)Nc1ccc(CN(C)C)cc1. The highest BCUT2D eigenvalue weighted by molar-refractivity contribution is 5.45. The quantitative estimate of drug-likeness (QED) is 0.852. The Bertz CT molecular complexity index is 546. The van der Waals surface area contributed by atoms with E-state index in [0.717, 1.165) is 18.7 Å². The van der Waals surface area contributed by atoms with Crippen molar-refractivity contribution in [1.82, 2.24) is 4.90 Å². The average Bonchev–Trinajstić information content (AvgIpc) is 2.43. The summed E-state index contributed by atoms with van der Waals surface area (Å²) in [4.78, 5) is 2.16. The Morgan fingerprint density at radius 1 is 0.952 bits per heavy atom. The number of hydrogen-bond acceptors (Lipinski definition) is 3. The number of aromatic hydroxyl groups is 1. The third kappa shape index (κ3) is 5.12. The smallest absolute Gasteiger partial charge is 0.115 e. The molecule has 2 N–H and O–H groups in total. The maximum absolute atomic E-state index is 9.30. The van der Waals surface area contributed by atoms with E-state index < -0.39 is 0 Å². The first kappa shape index (κ1) is 15.4. The number of phenolic OH excluding ortho intramolecular Hbond substituents is 1. The Labute approximate surface area is 127 Å². The summed E-state index contributed by atoms with van der Waals surface area (Å²) in [6.45, 7) is 3.13. The molecule has 3 heteroatoms. The Hall–Kier alpha value is -2.00. The van der Waals surface area contributed by atoms with Gasteiger partial charge in [-0.1, -0.05) is 24.3 Å². The molecule has 0 aromatic heterocycles. The molecule has 0 saturated carbocycles. The summed E-state index contributed by atoms with van der Waals surface area (Å²) in [7, 11) is 4.15. The van der Waals surface area contributed by atoms with Gasteiger partial charge in [-0.05, 0) is 62.8 Å². The highest BCUT2D eigenvalue weighted by atomic mass is 16.3. The topological polar surface area (TPSA) is 35.5 Å². The number of benzene rings is 2. The van der Waals surface area contributed by atoms with Gasteiger partial charge in [0.05, 0.1) is 0 Å². The van der Waals surface area contributed by atoms with Crippen molar-refractivity contribution in [1.29, 1.82) is 0 Å². The number of nitrogens with one attached hydrogen (secondary N) is 1. The molecular weight excluding hydrogens is 260 g/mol. The minimum atomic E-state index is 0.316. The number of anilines is 1. The first-order valence-electron chi connectivity index (χ1n) is 7.31. The van der Waals surface area contributed by atoms with Crippen molar-refractivity contribution in [2.45, 2.75) is 25.9 Å². The highest BCUT2D eigenvalue weighted by Crippen LogP contribution is 2.15. The van der Waals surface area contributed by atoms with Crippen molar-refractivity contribution in [3.05, 3.63) is 59.7 Å². The summed E-state index contributed by atoms with van der Waals surface area (Å²) in [5.41, 5.74) is 3.68. The molecule has 0 bridgehead atoms. The third-order valence-electron chi connectivity index (χ3n) is 3.34. The van der Waals surface area contributed by atoms with E-state index in [1.165, 1.54) is 11.1 Å². The largest absolute Gasteiger partial charge is 0.508 e. The number of rotatable bonds is 6. The van der Waals surface area contributed by atoms with Gasteiger partial charge in [0.2, 0.25) is 0 Å². The number of nitrogens with zero attached hydrogens (tertiary/aromatic N) is 1. The van der Waals surface area contributed by atoms with Crippen LogP contribution in [0.1, 0.15) is 18.1 Å². The van der Waals surface area contributed by atoms with Gasteiger partial charge in [0.25, 0.3) is 0 Å². The second kappa shape index (κ2) is 7.14. The maximum atomic E-state index is 9.30. The van der Waals surface area contributed by atoms with Gasteiger partial charge in [-0.2, -0.15) is 0 Å². The van der Waals surface area contributed by atoms with Crippen LogP contribution in [0.15, 0.2) is 48.5 Å². The normalized spacial score (nSPS) is 12.4. The van der Waals surface area contributed by atoms with Crippen LogP contribution in [-0.4, -0.2) is 30.1 Å². The van der Waals surface area contributed by atoms with Crippen LogP contribution in [0.25, 0.3) is 0 Å². The zero-order valence-electron chi connectivity index (χ0n) is 13.0. The fourth-order valence-corrected chi connectivity index (χ4v) is 2.39. The van der Waals surface area contributed by atoms with Crippen LogP contribution in [0.4, 0.5) is 5.69 Å². The first-order valence-corrected chi connectivity index (χ1v) is 7.31. The van der Waals surface area contributed by atoms with Gasteiger partial charge in [-0.15, -0.1) is 0 Å². The first-order chi connectivity index (χ1) is 10.0. The molecule has 21 heavy (non-hydrogen) atoms. The molecule has 0 aliphatic carbocycles. The summed E-state index contributed by atoms with van der Waals surface area (Å²) < 4.78 is 0. The third-order valence-corrected chi connectivity index (χ3v) is 3.34. The summed E-state index contributed by atoms with van der Waals surface area (Å²) in [6, 6.07) is 16.3. The highest BCUT2D eigenvalue weighted by Gasteiger charge is 2.04. The van der Waals surface area contributed by atoms with E-state index in [2.05, 4.69) is 55.5 Å². The van der Waals surface area contributed by atoms with E-state index >= 15 is 0 Å².